The molecule has 1 heterocycles. The van der Waals surface area contributed by atoms with Gasteiger partial charge in [0.05, 0.1) is 18.3 Å². The van der Waals surface area contributed by atoms with E-state index in [0.29, 0.717) is 4.31 Å². The van der Waals surface area contributed by atoms with Gasteiger partial charge in [0, 0.05) is 0 Å². The monoisotopic (exact) mass is 312 g/mol. The number of nitrogens with one attached hydrogen (secondary N) is 1. The van der Waals surface area contributed by atoms with Crippen LogP contribution in [0.2, 0.25) is 0 Å². The van der Waals surface area contributed by atoms with Crippen LogP contribution in [0, 0.1) is 5.82 Å². The molecule has 2 rings (SSSR count). The first kappa shape index (κ1) is 14.4. The van der Waals surface area contributed by atoms with E-state index in [1.54, 1.807) is 4.72 Å². The Morgan fingerprint density at radius 3 is 2.45 bits per heavy atom. The van der Waals surface area contributed by atoms with Crippen molar-refractivity contribution in [2.24, 2.45) is 0 Å². The molecular weight excluding hydrogens is 304 g/mol. The lowest BCUT2D eigenvalue weighted by Gasteiger charge is -2.18. The summed E-state index contributed by atoms with van der Waals surface area (Å²) in [4.78, 5) is 0. The quantitative estimate of drug-likeness (QED) is 0.819. The van der Waals surface area contributed by atoms with E-state index in [1.807, 2.05) is 0 Å². The highest BCUT2D eigenvalue weighted by atomic mass is 32.2. The lowest BCUT2D eigenvalue weighted by atomic mass is 10.1. The summed E-state index contributed by atoms with van der Waals surface area (Å²) < 4.78 is 76.3. The summed E-state index contributed by atoms with van der Waals surface area (Å²) in [5.74, 6) is -1.79. The molecule has 20 heavy (non-hydrogen) atoms. The molecule has 2 N–H and O–H groups in total. The molecule has 0 saturated carbocycles. The summed E-state index contributed by atoms with van der Waals surface area (Å²) in [6, 6.07) is 1.93. The maximum absolute atomic E-state index is 12.9. The fraction of sp³-hybridized carbons (Fsp3) is 0.200. The Morgan fingerprint density at radius 2 is 1.95 bits per heavy atom. The van der Waals surface area contributed by atoms with Crippen LogP contribution < -0.4 is 4.72 Å². The van der Waals surface area contributed by atoms with Crippen LogP contribution in [0.4, 0.5) is 17.6 Å². The molecule has 0 fully saturated rings. The topological polar surface area (TPSA) is 69.6 Å². The number of alkyl halides is 3. The Morgan fingerprint density at radius 1 is 1.30 bits per heavy atom. The molecular formula is C10H8F4N2O3S. The van der Waals surface area contributed by atoms with E-state index < -0.39 is 45.8 Å². The number of nitrogens with zero attached hydrogens (tertiary/aromatic N) is 1. The zero-order valence-electron chi connectivity index (χ0n) is 9.65. The van der Waals surface area contributed by atoms with Gasteiger partial charge >= 0.3 is 16.4 Å². The highest BCUT2D eigenvalue weighted by Gasteiger charge is 2.36. The maximum Gasteiger partial charge on any atom is 0.416 e. The van der Waals surface area contributed by atoms with Gasteiger partial charge in [0.15, 0.2) is 0 Å². The molecule has 0 spiro atoms. The third-order valence-electron chi connectivity index (χ3n) is 2.51. The van der Waals surface area contributed by atoms with E-state index in [-0.39, 0.29) is 6.07 Å². The van der Waals surface area contributed by atoms with Crippen LogP contribution in [0.3, 0.4) is 0 Å². The van der Waals surface area contributed by atoms with Crippen molar-refractivity contribution in [2.45, 2.75) is 12.7 Å². The third kappa shape index (κ3) is 2.79. The van der Waals surface area contributed by atoms with E-state index >= 15 is 0 Å². The summed E-state index contributed by atoms with van der Waals surface area (Å²) in [5, 5.41) is 9.03. The second-order valence-corrected chi connectivity index (χ2v) is 5.59. The Labute approximate surface area is 111 Å². The van der Waals surface area contributed by atoms with E-state index in [2.05, 4.69) is 0 Å². The van der Waals surface area contributed by atoms with Gasteiger partial charge in [0.25, 0.3) is 0 Å². The molecule has 1 aromatic carbocycles. The van der Waals surface area contributed by atoms with Gasteiger partial charge in [-0.3, -0.25) is 4.31 Å². The van der Waals surface area contributed by atoms with Crippen molar-refractivity contribution in [3.05, 3.63) is 47.2 Å². The van der Waals surface area contributed by atoms with Crippen LogP contribution in [0.5, 0.6) is 0 Å². The number of hydrogen-bond donors (Lipinski definition) is 2. The van der Waals surface area contributed by atoms with Crippen molar-refractivity contribution in [1.82, 2.24) is 9.03 Å². The van der Waals surface area contributed by atoms with Crippen LogP contribution in [-0.2, 0) is 22.9 Å². The molecule has 1 aliphatic heterocycles. The highest BCUT2D eigenvalue weighted by Crippen LogP contribution is 2.33. The number of rotatable bonds is 2. The molecule has 10 heteroatoms. The Bertz CT molecular complexity index is 670. The molecule has 0 radical (unpaired) electrons. The summed E-state index contributed by atoms with van der Waals surface area (Å²) >= 11 is 0. The average molecular weight is 312 g/mol. The largest absolute Gasteiger partial charge is 0.493 e. The van der Waals surface area contributed by atoms with Gasteiger partial charge in [-0.1, -0.05) is 6.07 Å². The fourth-order valence-electron chi connectivity index (χ4n) is 1.67. The van der Waals surface area contributed by atoms with Crippen molar-refractivity contribution in [3.8, 4) is 0 Å². The first-order valence-electron chi connectivity index (χ1n) is 5.15. The predicted octanol–water partition coefficient (Wildman–Crippen LogP) is 1.85. The molecule has 0 atom stereocenters. The molecule has 5 nitrogen and oxygen atoms in total. The van der Waals surface area contributed by atoms with Crippen molar-refractivity contribution in [1.29, 1.82) is 0 Å². The summed E-state index contributed by atoms with van der Waals surface area (Å²) in [7, 11) is -4.13. The molecule has 0 amide bonds. The van der Waals surface area contributed by atoms with Gasteiger partial charge in [0.1, 0.15) is 5.82 Å². The standard InChI is InChI=1S/C10H8F4N2O3S/c11-7-2-1-6(8(3-7)10(12,13)14)4-16-5-9(17)15-20(16,18)19/h1-3,5,15,17H,4H2. The summed E-state index contributed by atoms with van der Waals surface area (Å²) in [5.41, 5.74) is -1.71. The summed E-state index contributed by atoms with van der Waals surface area (Å²) in [6.45, 7) is -0.686. The third-order valence-corrected chi connectivity index (χ3v) is 3.83. The number of halogens is 4. The molecule has 1 aliphatic rings. The zero-order valence-corrected chi connectivity index (χ0v) is 10.5. The van der Waals surface area contributed by atoms with Crippen LogP contribution >= 0.6 is 0 Å². The SMILES string of the molecule is O=S1(=O)NC(O)=CN1Cc1ccc(F)cc1C(F)(F)F. The van der Waals surface area contributed by atoms with Crippen LogP contribution in [-0.4, -0.2) is 17.8 Å². The highest BCUT2D eigenvalue weighted by molar-refractivity contribution is 7.87. The first-order chi connectivity index (χ1) is 9.09. The number of aliphatic hydroxyl groups is 1. The van der Waals surface area contributed by atoms with Crippen molar-refractivity contribution < 1.29 is 31.1 Å². The second kappa shape index (κ2) is 4.54. The number of hydrogen-bond acceptors (Lipinski definition) is 3. The Hall–Kier alpha value is -1.97. The van der Waals surface area contributed by atoms with E-state index in [4.69, 9.17) is 5.11 Å². The minimum absolute atomic E-state index is 0.287. The zero-order chi connectivity index (χ0) is 15.1. The van der Waals surface area contributed by atoms with Gasteiger partial charge in [0.2, 0.25) is 5.88 Å². The fourth-order valence-corrected chi connectivity index (χ4v) is 2.65. The molecule has 0 unspecified atom stereocenters. The Balaban J connectivity index is 2.40. The first-order valence-corrected chi connectivity index (χ1v) is 6.59. The van der Waals surface area contributed by atoms with E-state index in [0.717, 1.165) is 18.3 Å². The minimum Gasteiger partial charge on any atom is -0.493 e. The van der Waals surface area contributed by atoms with Crippen LogP contribution in [0.1, 0.15) is 11.1 Å². The predicted molar refractivity (Wildman–Crippen MR) is 59.7 cm³/mol. The molecule has 0 aliphatic carbocycles. The number of aliphatic hydroxyl groups excluding tert-OH is 1. The van der Waals surface area contributed by atoms with Gasteiger partial charge in [-0.05, 0) is 17.7 Å². The van der Waals surface area contributed by atoms with Crippen molar-refractivity contribution in [2.75, 3.05) is 0 Å². The van der Waals surface area contributed by atoms with E-state index in [9.17, 15) is 26.0 Å². The van der Waals surface area contributed by atoms with Gasteiger partial charge in [-0.2, -0.15) is 21.6 Å². The van der Waals surface area contributed by atoms with Gasteiger partial charge in [-0.15, -0.1) is 0 Å². The lowest BCUT2D eigenvalue weighted by Crippen LogP contribution is -2.30. The number of benzene rings is 1. The normalized spacial score (nSPS) is 17.8. The Kier molecular flexibility index (Phi) is 3.28. The van der Waals surface area contributed by atoms with Crippen LogP contribution in [0.25, 0.3) is 0 Å². The van der Waals surface area contributed by atoms with Crippen molar-refractivity contribution in [3.63, 3.8) is 0 Å². The minimum atomic E-state index is -4.82. The van der Waals surface area contributed by atoms with Gasteiger partial charge < -0.3 is 5.11 Å². The van der Waals surface area contributed by atoms with Crippen molar-refractivity contribution >= 4 is 10.2 Å². The molecule has 0 bridgehead atoms. The summed E-state index contributed by atoms with van der Waals surface area (Å²) in [6.07, 6.45) is -4.08. The smallest absolute Gasteiger partial charge is 0.416 e. The molecule has 0 saturated heterocycles. The lowest BCUT2D eigenvalue weighted by molar-refractivity contribution is -0.138. The van der Waals surface area contributed by atoms with Gasteiger partial charge in [-0.25, -0.2) is 9.11 Å². The molecule has 0 aromatic heterocycles. The molecule has 110 valence electrons. The van der Waals surface area contributed by atoms with Crippen LogP contribution in [0.15, 0.2) is 30.3 Å². The molecule has 1 aromatic rings. The average Bonchev–Trinajstić information content (AvgIpc) is 2.53. The van der Waals surface area contributed by atoms with E-state index in [1.165, 1.54) is 0 Å². The second-order valence-electron chi connectivity index (χ2n) is 3.97. The maximum atomic E-state index is 12.9.